The zero-order valence-corrected chi connectivity index (χ0v) is 17.8. The first-order valence-electron chi connectivity index (χ1n) is 10.0. The van der Waals surface area contributed by atoms with Crippen LogP contribution in [0.5, 0.6) is 11.5 Å². The van der Waals surface area contributed by atoms with E-state index >= 15 is 0 Å². The van der Waals surface area contributed by atoms with Gasteiger partial charge in [-0.3, -0.25) is 4.79 Å². The maximum absolute atomic E-state index is 12.4. The van der Waals surface area contributed by atoms with Crippen LogP contribution in [0.1, 0.15) is 36.8 Å². The molecule has 0 aromatic heterocycles. The minimum Gasteiger partial charge on any atom is -0.486 e. The smallest absolute Gasteiger partial charge is 0.306 e. The van der Waals surface area contributed by atoms with E-state index in [1.165, 1.54) is 12.1 Å². The topological polar surface area (TPSA) is 115 Å². The molecule has 0 fully saturated rings. The number of rotatable bonds is 10. The maximum Gasteiger partial charge on any atom is 0.306 e. The average molecular weight is 445 g/mol. The van der Waals surface area contributed by atoms with Crippen LogP contribution >= 0.6 is 0 Å². The maximum atomic E-state index is 12.4. The molecule has 0 radical (unpaired) electrons. The number of benzene rings is 2. The first kappa shape index (κ1) is 22.6. The average Bonchev–Trinajstić information content (AvgIpc) is 2.79. The van der Waals surface area contributed by atoms with Crippen molar-refractivity contribution in [2.75, 3.05) is 19.8 Å². The highest BCUT2D eigenvalue weighted by molar-refractivity contribution is 7.89. The number of unbranched alkanes of at least 4 members (excludes halogenated alkanes) is 2. The molecule has 0 unspecified atom stereocenters. The van der Waals surface area contributed by atoms with E-state index in [0.29, 0.717) is 55.1 Å². The fourth-order valence-corrected chi connectivity index (χ4v) is 4.13. The molecular weight excluding hydrogens is 420 g/mol. The van der Waals surface area contributed by atoms with Crippen molar-refractivity contribution in [1.29, 1.82) is 5.26 Å². The lowest BCUT2D eigenvalue weighted by Gasteiger charge is -2.18. The lowest BCUT2D eigenvalue weighted by Crippen LogP contribution is -2.25. The highest BCUT2D eigenvalue weighted by atomic mass is 32.2. The molecule has 1 aliphatic heterocycles. The van der Waals surface area contributed by atoms with Gasteiger partial charge in [-0.1, -0.05) is 24.6 Å². The van der Waals surface area contributed by atoms with Crippen molar-refractivity contribution < 1.29 is 27.4 Å². The second-order valence-corrected chi connectivity index (χ2v) is 8.71. The predicted molar refractivity (Wildman–Crippen MR) is 112 cm³/mol. The second kappa shape index (κ2) is 10.8. The van der Waals surface area contributed by atoms with E-state index in [4.69, 9.17) is 19.5 Å². The SMILES string of the molecule is N#Cc1ccccc1COC(=O)CCCCCNS(=O)(=O)c1ccc2c(c1)OCCO2. The zero-order valence-electron chi connectivity index (χ0n) is 17.0. The Morgan fingerprint density at radius 3 is 2.65 bits per heavy atom. The molecular formula is C22H24N2O6S. The van der Waals surface area contributed by atoms with Gasteiger partial charge in [0.1, 0.15) is 19.8 Å². The quantitative estimate of drug-likeness (QED) is 0.443. The Labute approximate surface area is 181 Å². The van der Waals surface area contributed by atoms with Crippen LogP contribution in [0.3, 0.4) is 0 Å². The Morgan fingerprint density at radius 1 is 1.06 bits per heavy atom. The molecule has 1 heterocycles. The monoisotopic (exact) mass is 444 g/mol. The molecule has 8 nitrogen and oxygen atoms in total. The number of carbonyl (C=O) groups is 1. The lowest BCUT2D eigenvalue weighted by molar-refractivity contribution is -0.145. The van der Waals surface area contributed by atoms with Gasteiger partial charge in [0, 0.05) is 24.6 Å². The minimum atomic E-state index is -3.65. The van der Waals surface area contributed by atoms with Gasteiger partial charge in [-0.05, 0) is 31.0 Å². The molecule has 0 bridgehead atoms. The molecule has 0 aliphatic carbocycles. The van der Waals surface area contributed by atoms with Crippen molar-refractivity contribution in [1.82, 2.24) is 4.72 Å². The summed E-state index contributed by atoms with van der Waals surface area (Å²) in [4.78, 5) is 12.0. The third kappa shape index (κ3) is 6.44. The minimum absolute atomic E-state index is 0.0674. The van der Waals surface area contributed by atoms with Crippen molar-refractivity contribution in [3.05, 3.63) is 53.6 Å². The molecule has 1 aliphatic rings. The normalized spacial score (nSPS) is 12.7. The number of hydrogen-bond acceptors (Lipinski definition) is 7. The number of nitrogens with one attached hydrogen (secondary N) is 1. The van der Waals surface area contributed by atoms with Crippen LogP contribution in [0.25, 0.3) is 0 Å². The number of ether oxygens (including phenoxy) is 3. The van der Waals surface area contributed by atoms with Crippen LogP contribution < -0.4 is 14.2 Å². The number of nitriles is 1. The number of carbonyl (C=O) groups excluding carboxylic acids is 1. The van der Waals surface area contributed by atoms with Gasteiger partial charge < -0.3 is 14.2 Å². The largest absolute Gasteiger partial charge is 0.486 e. The van der Waals surface area contributed by atoms with Gasteiger partial charge in [0.05, 0.1) is 16.5 Å². The molecule has 0 atom stereocenters. The van der Waals surface area contributed by atoms with Crippen LogP contribution in [-0.2, 0) is 26.2 Å². The summed E-state index contributed by atoms with van der Waals surface area (Å²) in [6, 6.07) is 13.6. The molecule has 0 spiro atoms. The number of fused-ring (bicyclic) bond motifs is 1. The summed E-state index contributed by atoms with van der Waals surface area (Å²) in [6.45, 7) is 1.16. The van der Waals surface area contributed by atoms with Gasteiger partial charge in [0.25, 0.3) is 0 Å². The van der Waals surface area contributed by atoms with E-state index in [2.05, 4.69) is 10.8 Å². The standard InChI is InChI=1S/C22H24N2O6S/c23-15-17-6-3-4-7-18(17)16-30-22(25)8-2-1-5-11-24-31(26,27)19-9-10-20-21(14-19)29-13-12-28-20/h3-4,6-7,9-10,14,24H,1-2,5,8,11-13,16H2. The summed E-state index contributed by atoms with van der Waals surface area (Å²) in [7, 11) is -3.65. The molecule has 31 heavy (non-hydrogen) atoms. The van der Waals surface area contributed by atoms with Crippen molar-refractivity contribution in [3.8, 4) is 17.6 Å². The Hall–Kier alpha value is -3.09. The van der Waals surface area contributed by atoms with Gasteiger partial charge in [-0.25, -0.2) is 13.1 Å². The summed E-state index contributed by atoms with van der Waals surface area (Å²) >= 11 is 0. The van der Waals surface area contributed by atoms with Gasteiger partial charge >= 0.3 is 5.97 Å². The van der Waals surface area contributed by atoms with Crippen LogP contribution in [-0.4, -0.2) is 34.1 Å². The van der Waals surface area contributed by atoms with Crippen molar-refractivity contribution in [3.63, 3.8) is 0 Å². The molecule has 0 saturated carbocycles. The van der Waals surface area contributed by atoms with Gasteiger partial charge in [-0.15, -0.1) is 0 Å². The summed E-state index contributed by atoms with van der Waals surface area (Å²) < 4.78 is 43.4. The van der Waals surface area contributed by atoms with Crippen LogP contribution in [0.15, 0.2) is 47.4 Å². The van der Waals surface area contributed by atoms with E-state index in [9.17, 15) is 13.2 Å². The molecule has 3 rings (SSSR count). The third-order valence-corrected chi connectivity index (χ3v) is 6.16. The zero-order chi connectivity index (χ0) is 22.1. The number of sulfonamides is 1. The van der Waals surface area contributed by atoms with Gasteiger partial charge in [0.15, 0.2) is 11.5 Å². The first-order valence-corrected chi connectivity index (χ1v) is 11.5. The fraction of sp³-hybridized carbons (Fsp3) is 0.364. The molecule has 9 heteroatoms. The Kier molecular flexibility index (Phi) is 7.87. The molecule has 2 aromatic rings. The van der Waals surface area contributed by atoms with Gasteiger partial charge in [0.2, 0.25) is 10.0 Å². The highest BCUT2D eigenvalue weighted by Crippen LogP contribution is 2.32. The molecule has 164 valence electrons. The van der Waals surface area contributed by atoms with Crippen molar-refractivity contribution in [2.45, 2.75) is 37.2 Å². The molecule has 0 amide bonds. The van der Waals surface area contributed by atoms with Gasteiger partial charge in [-0.2, -0.15) is 5.26 Å². The van der Waals surface area contributed by atoms with E-state index in [0.717, 1.165) is 0 Å². The van der Waals surface area contributed by atoms with Crippen molar-refractivity contribution >= 4 is 16.0 Å². The highest BCUT2D eigenvalue weighted by Gasteiger charge is 2.19. The van der Waals surface area contributed by atoms with Crippen LogP contribution in [0, 0.1) is 11.3 Å². The fourth-order valence-electron chi connectivity index (χ4n) is 3.04. The Bertz CT molecular complexity index is 1060. The summed E-state index contributed by atoms with van der Waals surface area (Å²) in [6.07, 6.45) is 2.09. The van der Waals surface area contributed by atoms with E-state index in [-0.39, 0.29) is 30.4 Å². The molecule has 1 N–H and O–H groups in total. The summed E-state index contributed by atoms with van der Waals surface area (Å²) in [5, 5.41) is 9.04. The lowest BCUT2D eigenvalue weighted by atomic mass is 10.1. The van der Waals surface area contributed by atoms with Crippen LogP contribution in [0.2, 0.25) is 0 Å². The second-order valence-electron chi connectivity index (χ2n) is 6.94. The Morgan fingerprint density at radius 2 is 1.84 bits per heavy atom. The predicted octanol–water partition coefficient (Wildman–Crippen LogP) is 2.91. The van der Waals surface area contributed by atoms with E-state index in [1.54, 1.807) is 30.3 Å². The summed E-state index contributed by atoms with van der Waals surface area (Å²) in [5.74, 6) is 0.614. The van der Waals surface area contributed by atoms with E-state index < -0.39 is 10.0 Å². The number of esters is 1. The number of hydrogen-bond donors (Lipinski definition) is 1. The third-order valence-electron chi connectivity index (χ3n) is 4.70. The van der Waals surface area contributed by atoms with E-state index in [1.807, 2.05) is 0 Å². The molecule has 2 aromatic carbocycles. The van der Waals surface area contributed by atoms with Crippen LogP contribution in [0.4, 0.5) is 0 Å². The van der Waals surface area contributed by atoms with Crippen molar-refractivity contribution in [2.24, 2.45) is 0 Å². The Balaban J connectivity index is 1.34. The summed E-state index contributed by atoms with van der Waals surface area (Å²) in [5.41, 5.74) is 1.16. The number of nitrogens with zero attached hydrogens (tertiary/aromatic N) is 1. The molecule has 0 saturated heterocycles. The first-order chi connectivity index (χ1) is 15.0.